The molecule has 0 saturated carbocycles. The Kier molecular flexibility index (Phi) is 7.62. The Bertz CT molecular complexity index is 973. The third kappa shape index (κ3) is 5.27. The number of hydrogen-bond donors (Lipinski definition) is 2. The summed E-state index contributed by atoms with van der Waals surface area (Å²) in [6.07, 6.45) is -1.82. The van der Waals surface area contributed by atoms with E-state index in [1.807, 2.05) is 29.2 Å². The van der Waals surface area contributed by atoms with E-state index in [1.165, 1.54) is 0 Å². The monoisotopic (exact) mass is 450 g/mol. The van der Waals surface area contributed by atoms with E-state index < -0.39 is 51.0 Å². The van der Waals surface area contributed by atoms with Gasteiger partial charge in [-0.1, -0.05) is 18.2 Å². The van der Waals surface area contributed by atoms with Gasteiger partial charge in [0, 0.05) is 12.0 Å². The number of aliphatic hydroxyl groups excluding tert-OH is 1. The highest BCUT2D eigenvalue weighted by molar-refractivity contribution is 7.42. The largest absolute Gasteiger partial charge is 0.426 e. The number of rotatable bonds is 4. The first-order valence-electron chi connectivity index (χ1n) is 8.71. The van der Waals surface area contributed by atoms with E-state index in [-0.39, 0.29) is 13.0 Å². The second-order valence-corrected chi connectivity index (χ2v) is 7.31. The molecule has 4 atom stereocenters. The van der Waals surface area contributed by atoms with Crippen LogP contribution in [0.2, 0.25) is 0 Å². The molecule has 1 saturated heterocycles. The van der Waals surface area contributed by atoms with E-state index in [1.54, 1.807) is 0 Å². The van der Waals surface area contributed by atoms with Crippen molar-refractivity contribution in [3.63, 3.8) is 0 Å². The van der Waals surface area contributed by atoms with Gasteiger partial charge in [0.1, 0.15) is 18.1 Å². The van der Waals surface area contributed by atoms with Crippen LogP contribution in [0.25, 0.3) is 0 Å². The van der Waals surface area contributed by atoms with Crippen LogP contribution in [0.15, 0.2) is 40.1 Å². The molecule has 2 aromatic rings. The molecule has 0 aliphatic carbocycles. The van der Waals surface area contributed by atoms with E-state index in [9.17, 15) is 27.9 Å². The fourth-order valence-electron chi connectivity index (χ4n) is 2.85. The SMILES string of the molecule is FCF.O=c1[nH]c(=O)n(C2CC(O)C(COP3OCc4ccccc4O3)O2)cc1F. The van der Waals surface area contributed by atoms with E-state index >= 15 is 0 Å². The minimum absolute atomic E-state index is 0.0356. The molecule has 0 spiro atoms. The fourth-order valence-corrected chi connectivity index (χ4v) is 3.88. The summed E-state index contributed by atoms with van der Waals surface area (Å²) < 4.78 is 55.9. The number of ether oxygens (including phenoxy) is 1. The Labute approximate surface area is 169 Å². The molecule has 30 heavy (non-hydrogen) atoms. The smallest absolute Gasteiger partial charge is 0.397 e. The second kappa shape index (κ2) is 10.2. The van der Waals surface area contributed by atoms with Gasteiger partial charge in [0.05, 0.1) is 25.5 Å². The van der Waals surface area contributed by atoms with Crippen LogP contribution < -0.4 is 15.8 Å². The molecular formula is C17H18F3N2O7P. The molecule has 1 aromatic carbocycles. The van der Waals surface area contributed by atoms with Gasteiger partial charge in [-0.05, 0) is 6.07 Å². The highest BCUT2D eigenvalue weighted by Gasteiger charge is 2.37. The highest BCUT2D eigenvalue weighted by Crippen LogP contribution is 2.47. The van der Waals surface area contributed by atoms with E-state index in [0.29, 0.717) is 12.4 Å². The van der Waals surface area contributed by atoms with Crippen LogP contribution in [0.3, 0.4) is 0 Å². The van der Waals surface area contributed by atoms with Gasteiger partial charge in [0.25, 0.3) is 5.56 Å². The molecule has 2 aliphatic heterocycles. The number of hydrogen-bond acceptors (Lipinski definition) is 7. The number of nitrogens with zero attached hydrogens (tertiary/aromatic N) is 1. The molecule has 0 bridgehead atoms. The molecule has 0 radical (unpaired) electrons. The summed E-state index contributed by atoms with van der Waals surface area (Å²) in [6.45, 7) is -1.43. The number of fused-ring (bicyclic) bond motifs is 1. The quantitative estimate of drug-likeness (QED) is 0.686. The number of halogens is 3. The van der Waals surface area contributed by atoms with Crippen molar-refractivity contribution in [2.24, 2.45) is 0 Å². The average molecular weight is 450 g/mol. The fraction of sp³-hybridized carbons (Fsp3) is 0.412. The van der Waals surface area contributed by atoms with Crippen LogP contribution in [-0.4, -0.2) is 40.4 Å². The summed E-state index contributed by atoms with van der Waals surface area (Å²) >= 11 is 0. The summed E-state index contributed by atoms with van der Waals surface area (Å²) in [5.41, 5.74) is -1.01. The van der Waals surface area contributed by atoms with Crippen LogP contribution in [0, 0.1) is 5.82 Å². The van der Waals surface area contributed by atoms with Gasteiger partial charge in [0.2, 0.25) is 12.7 Å². The third-order valence-electron chi connectivity index (χ3n) is 4.25. The lowest BCUT2D eigenvalue weighted by Gasteiger charge is -2.25. The minimum atomic E-state index is -1.75. The van der Waals surface area contributed by atoms with E-state index in [0.717, 1.165) is 16.3 Å². The van der Waals surface area contributed by atoms with Crippen LogP contribution in [0.4, 0.5) is 13.2 Å². The Morgan fingerprint density at radius 1 is 1.30 bits per heavy atom. The minimum Gasteiger partial charge on any atom is -0.426 e. The van der Waals surface area contributed by atoms with Crippen molar-refractivity contribution in [1.82, 2.24) is 9.55 Å². The number of aromatic amines is 1. The Morgan fingerprint density at radius 3 is 2.80 bits per heavy atom. The van der Waals surface area contributed by atoms with Crippen LogP contribution >= 0.6 is 8.60 Å². The number of nitrogens with one attached hydrogen (secondary N) is 1. The zero-order chi connectivity index (χ0) is 21.7. The number of H-pyrrole nitrogens is 1. The first kappa shape index (κ1) is 22.4. The highest BCUT2D eigenvalue weighted by atomic mass is 31.2. The van der Waals surface area contributed by atoms with Crippen molar-refractivity contribution < 1.29 is 36.6 Å². The average Bonchev–Trinajstić information content (AvgIpc) is 3.10. The molecule has 4 rings (SSSR count). The predicted molar refractivity (Wildman–Crippen MR) is 97.6 cm³/mol. The van der Waals surface area contributed by atoms with Crippen LogP contribution in [0.1, 0.15) is 18.2 Å². The lowest BCUT2D eigenvalue weighted by atomic mass is 10.2. The Hall–Kier alpha value is -2.24. The molecule has 164 valence electrons. The molecule has 9 nitrogen and oxygen atoms in total. The van der Waals surface area contributed by atoms with Crippen molar-refractivity contribution in [3.8, 4) is 5.75 Å². The normalized spacial score (nSPS) is 25.1. The number of aromatic nitrogens is 2. The van der Waals surface area contributed by atoms with Crippen molar-refractivity contribution in [2.45, 2.75) is 31.5 Å². The van der Waals surface area contributed by atoms with Crippen molar-refractivity contribution >= 4 is 8.60 Å². The first-order chi connectivity index (χ1) is 14.4. The summed E-state index contributed by atoms with van der Waals surface area (Å²) in [7, 11) is -1.64. The van der Waals surface area contributed by atoms with Gasteiger partial charge >= 0.3 is 14.3 Å². The maximum absolute atomic E-state index is 13.4. The van der Waals surface area contributed by atoms with Gasteiger partial charge in [-0.2, -0.15) is 4.39 Å². The molecule has 4 unspecified atom stereocenters. The van der Waals surface area contributed by atoms with Gasteiger partial charge in [-0.15, -0.1) is 0 Å². The molecule has 13 heteroatoms. The molecule has 0 amide bonds. The maximum Gasteiger partial charge on any atom is 0.397 e. The Balaban J connectivity index is 0.000000806. The topological polar surface area (TPSA) is 112 Å². The maximum atomic E-state index is 13.4. The van der Waals surface area contributed by atoms with E-state index in [4.69, 9.17) is 18.3 Å². The summed E-state index contributed by atoms with van der Waals surface area (Å²) in [6, 6.07) is 7.42. The van der Waals surface area contributed by atoms with Gasteiger partial charge in [-0.25, -0.2) is 13.6 Å². The standard InChI is InChI=1S/C16H16FN2O7P.CH2F2/c17-10-6-19(16(22)18-15(10)21)14-5-11(20)13(25-14)8-24-27-23-7-9-3-1-2-4-12(9)26-27;2-1-3/h1-4,6,11,13-14,20H,5,7-8H2,(H,18,21,22);1H2. The van der Waals surface area contributed by atoms with Gasteiger partial charge in [-0.3, -0.25) is 23.4 Å². The molecule has 2 aliphatic rings. The summed E-state index contributed by atoms with van der Waals surface area (Å²) in [4.78, 5) is 24.8. The van der Waals surface area contributed by atoms with Gasteiger partial charge in [0.15, 0.2) is 0 Å². The predicted octanol–water partition coefficient (Wildman–Crippen LogP) is 2.06. The number of aliphatic hydroxyl groups is 1. The molecular weight excluding hydrogens is 432 g/mol. The van der Waals surface area contributed by atoms with Crippen molar-refractivity contribution in [3.05, 3.63) is 62.7 Å². The van der Waals surface area contributed by atoms with Gasteiger partial charge < -0.3 is 14.4 Å². The van der Waals surface area contributed by atoms with Crippen LogP contribution in [0.5, 0.6) is 5.75 Å². The van der Waals surface area contributed by atoms with Crippen molar-refractivity contribution in [1.29, 1.82) is 0 Å². The van der Waals surface area contributed by atoms with Crippen molar-refractivity contribution in [2.75, 3.05) is 13.5 Å². The number of alkyl halides is 2. The summed E-state index contributed by atoms with van der Waals surface area (Å²) in [5.74, 6) is -0.436. The molecule has 1 aromatic heterocycles. The number of para-hydroxylation sites is 1. The first-order valence-corrected chi connectivity index (χ1v) is 9.80. The lowest BCUT2D eigenvalue weighted by Crippen LogP contribution is -2.34. The van der Waals surface area contributed by atoms with E-state index in [2.05, 4.69) is 0 Å². The summed E-state index contributed by atoms with van der Waals surface area (Å²) in [5, 5.41) is 10.2. The molecule has 1 fully saturated rings. The molecule has 3 heterocycles. The third-order valence-corrected chi connectivity index (χ3v) is 5.30. The second-order valence-electron chi connectivity index (χ2n) is 6.17. The molecule has 2 N–H and O–H groups in total. The zero-order valence-electron chi connectivity index (χ0n) is 15.4. The lowest BCUT2D eigenvalue weighted by molar-refractivity contribution is -0.0439. The zero-order valence-corrected chi connectivity index (χ0v) is 16.3. The number of benzene rings is 1. The Morgan fingerprint density at radius 2 is 2.03 bits per heavy atom. The van der Waals surface area contributed by atoms with Crippen LogP contribution in [-0.2, 0) is 20.4 Å².